The lowest BCUT2D eigenvalue weighted by molar-refractivity contribution is 0.451. The van der Waals surface area contributed by atoms with Crippen molar-refractivity contribution in [3.63, 3.8) is 0 Å². The zero-order chi connectivity index (χ0) is 17.3. The van der Waals surface area contributed by atoms with Gasteiger partial charge in [0.15, 0.2) is 0 Å². The summed E-state index contributed by atoms with van der Waals surface area (Å²) in [4.78, 5) is 10.6. The van der Waals surface area contributed by atoms with E-state index in [1.165, 1.54) is 12.4 Å². The number of aromatic nitrogens is 2. The van der Waals surface area contributed by atoms with Gasteiger partial charge < -0.3 is 4.90 Å². The highest BCUT2D eigenvalue weighted by Gasteiger charge is 2.26. The van der Waals surface area contributed by atoms with Crippen LogP contribution in [0.3, 0.4) is 0 Å². The van der Waals surface area contributed by atoms with Crippen LogP contribution in [-0.2, 0) is 10.0 Å². The number of piperidine rings is 1. The molecule has 1 aliphatic heterocycles. The Labute approximate surface area is 148 Å². The van der Waals surface area contributed by atoms with Crippen molar-refractivity contribution in [2.75, 3.05) is 24.2 Å². The van der Waals surface area contributed by atoms with Crippen LogP contribution in [0.25, 0.3) is 10.9 Å². The highest BCUT2D eigenvalue weighted by atomic mass is 79.9. The Morgan fingerprint density at radius 2 is 2.17 bits per heavy atom. The molecule has 130 valence electrons. The Kier molecular flexibility index (Phi) is 5.03. The predicted octanol–water partition coefficient (Wildman–Crippen LogP) is 2.44. The average Bonchev–Trinajstić information content (AvgIpc) is 2.53. The van der Waals surface area contributed by atoms with Gasteiger partial charge in [-0.1, -0.05) is 0 Å². The van der Waals surface area contributed by atoms with Crippen LogP contribution in [0.2, 0.25) is 0 Å². The Bertz CT molecular complexity index is 862. The lowest BCUT2D eigenvalue weighted by atomic mass is 10.0. The monoisotopic (exact) mass is 416 g/mol. The lowest BCUT2D eigenvalue weighted by Crippen LogP contribution is -2.47. The molecule has 1 aromatic heterocycles. The van der Waals surface area contributed by atoms with Crippen molar-refractivity contribution in [2.45, 2.75) is 25.3 Å². The van der Waals surface area contributed by atoms with Crippen LogP contribution in [0.15, 0.2) is 22.9 Å². The van der Waals surface area contributed by atoms with Gasteiger partial charge >= 0.3 is 0 Å². The van der Waals surface area contributed by atoms with Crippen LogP contribution in [-0.4, -0.2) is 43.8 Å². The molecule has 1 fully saturated rings. The third-order valence-electron chi connectivity index (χ3n) is 4.14. The Morgan fingerprint density at radius 3 is 2.92 bits per heavy atom. The summed E-state index contributed by atoms with van der Waals surface area (Å²) in [6.45, 7) is 1.06. The van der Waals surface area contributed by atoms with E-state index in [-0.39, 0.29) is 11.9 Å². The second kappa shape index (κ2) is 6.89. The Balaban J connectivity index is 1.98. The van der Waals surface area contributed by atoms with Crippen molar-refractivity contribution < 1.29 is 12.8 Å². The second-order valence-corrected chi connectivity index (χ2v) is 8.63. The van der Waals surface area contributed by atoms with E-state index in [1.54, 1.807) is 6.07 Å². The van der Waals surface area contributed by atoms with Gasteiger partial charge in [-0.25, -0.2) is 27.5 Å². The molecule has 0 radical (unpaired) electrons. The van der Waals surface area contributed by atoms with Crippen molar-refractivity contribution >= 4 is 42.7 Å². The highest BCUT2D eigenvalue weighted by Crippen LogP contribution is 2.31. The number of nitrogens with zero attached hydrogens (tertiary/aromatic N) is 3. The fraction of sp³-hybridized carbons (Fsp3) is 0.467. The molecular formula is C15H18BrFN4O2S. The number of nitrogens with one attached hydrogen (secondary N) is 1. The van der Waals surface area contributed by atoms with E-state index < -0.39 is 10.0 Å². The maximum absolute atomic E-state index is 14.0. The van der Waals surface area contributed by atoms with E-state index in [2.05, 4.69) is 35.5 Å². The first-order valence-electron chi connectivity index (χ1n) is 7.66. The normalized spacial score (nSPS) is 19.0. The molecule has 1 atom stereocenters. The van der Waals surface area contributed by atoms with Crippen molar-refractivity contribution in [1.82, 2.24) is 14.7 Å². The summed E-state index contributed by atoms with van der Waals surface area (Å²) >= 11 is 3.17. The van der Waals surface area contributed by atoms with Gasteiger partial charge in [0.2, 0.25) is 10.0 Å². The van der Waals surface area contributed by atoms with Crippen LogP contribution in [0.1, 0.15) is 19.3 Å². The molecule has 6 nitrogen and oxygen atoms in total. The maximum Gasteiger partial charge on any atom is 0.208 e. The topological polar surface area (TPSA) is 75.2 Å². The molecule has 1 unspecified atom stereocenters. The summed E-state index contributed by atoms with van der Waals surface area (Å²) < 4.78 is 39.7. The molecule has 2 aromatic rings. The minimum Gasteiger partial charge on any atom is -0.352 e. The van der Waals surface area contributed by atoms with E-state index in [9.17, 15) is 12.8 Å². The van der Waals surface area contributed by atoms with Gasteiger partial charge in [-0.2, -0.15) is 0 Å². The summed E-state index contributed by atoms with van der Waals surface area (Å²) in [5.74, 6) is 0.271. The number of halogens is 2. The molecule has 1 saturated heterocycles. The summed E-state index contributed by atoms with van der Waals surface area (Å²) in [7, 11) is -3.26. The van der Waals surface area contributed by atoms with Gasteiger partial charge in [0.25, 0.3) is 0 Å². The molecule has 24 heavy (non-hydrogen) atoms. The molecule has 1 aromatic carbocycles. The first-order chi connectivity index (χ1) is 11.3. The number of rotatable bonds is 4. The summed E-state index contributed by atoms with van der Waals surface area (Å²) in [5.41, 5.74) is 0.647. The molecule has 0 amide bonds. The van der Waals surface area contributed by atoms with Crippen LogP contribution < -0.4 is 9.62 Å². The van der Waals surface area contributed by atoms with E-state index in [0.29, 0.717) is 27.7 Å². The third kappa shape index (κ3) is 3.84. The van der Waals surface area contributed by atoms with Crippen LogP contribution in [0.5, 0.6) is 0 Å². The molecule has 2 heterocycles. The number of anilines is 1. The van der Waals surface area contributed by atoms with E-state index in [1.807, 2.05) is 0 Å². The van der Waals surface area contributed by atoms with E-state index in [0.717, 1.165) is 32.1 Å². The SMILES string of the molecule is CS(=O)(=O)NCC1CCCCN1c1ncnc2cc(Br)c(F)cc12. The first-order valence-corrected chi connectivity index (χ1v) is 10.3. The summed E-state index contributed by atoms with van der Waals surface area (Å²) in [6, 6.07) is 3.03. The standard InChI is InChI=1S/C15H18BrFN4O2S/c1-24(22,23)20-8-10-4-2-3-5-21(10)15-11-6-13(17)12(16)7-14(11)18-9-19-15/h6-7,9-10,20H,2-5,8H2,1H3. The molecule has 1 N–H and O–H groups in total. The molecule has 0 spiro atoms. The van der Waals surface area contributed by atoms with Crippen LogP contribution in [0, 0.1) is 5.82 Å². The number of benzene rings is 1. The molecule has 9 heteroatoms. The van der Waals surface area contributed by atoms with Crippen molar-refractivity contribution in [3.8, 4) is 0 Å². The first kappa shape index (κ1) is 17.5. The molecule has 3 rings (SSSR count). The van der Waals surface area contributed by atoms with Crippen molar-refractivity contribution in [2.24, 2.45) is 0 Å². The van der Waals surface area contributed by atoms with Crippen molar-refractivity contribution in [1.29, 1.82) is 0 Å². The minimum atomic E-state index is -3.26. The lowest BCUT2D eigenvalue weighted by Gasteiger charge is -2.37. The second-order valence-electron chi connectivity index (χ2n) is 5.94. The smallest absolute Gasteiger partial charge is 0.208 e. The van der Waals surface area contributed by atoms with Gasteiger partial charge in [0.1, 0.15) is 18.0 Å². The predicted molar refractivity (Wildman–Crippen MR) is 95.0 cm³/mol. The summed E-state index contributed by atoms with van der Waals surface area (Å²) in [6.07, 6.45) is 5.47. The largest absolute Gasteiger partial charge is 0.352 e. The van der Waals surface area contributed by atoms with E-state index in [4.69, 9.17) is 0 Å². The number of fused-ring (bicyclic) bond motifs is 1. The zero-order valence-electron chi connectivity index (χ0n) is 13.2. The van der Waals surface area contributed by atoms with Crippen LogP contribution in [0.4, 0.5) is 10.2 Å². The third-order valence-corrected chi connectivity index (χ3v) is 5.44. The Hall–Kier alpha value is -1.32. The number of hydrogen-bond acceptors (Lipinski definition) is 5. The fourth-order valence-corrected chi connectivity index (χ4v) is 3.83. The zero-order valence-corrected chi connectivity index (χ0v) is 15.6. The maximum atomic E-state index is 14.0. The van der Waals surface area contributed by atoms with Gasteiger partial charge in [-0.3, -0.25) is 0 Å². The summed E-state index contributed by atoms with van der Waals surface area (Å²) in [5, 5.41) is 0.629. The quantitative estimate of drug-likeness (QED) is 0.827. The van der Waals surface area contributed by atoms with Gasteiger partial charge in [-0.15, -0.1) is 0 Å². The molecule has 1 aliphatic rings. The minimum absolute atomic E-state index is 0.0155. The molecular weight excluding hydrogens is 399 g/mol. The fourth-order valence-electron chi connectivity index (χ4n) is 3.01. The number of hydrogen-bond donors (Lipinski definition) is 1. The molecule has 0 saturated carbocycles. The van der Waals surface area contributed by atoms with Gasteiger partial charge in [0.05, 0.1) is 16.2 Å². The van der Waals surface area contributed by atoms with Gasteiger partial charge in [0, 0.05) is 24.5 Å². The molecule has 0 aliphatic carbocycles. The highest BCUT2D eigenvalue weighted by molar-refractivity contribution is 9.10. The van der Waals surface area contributed by atoms with Gasteiger partial charge in [-0.05, 0) is 47.3 Å². The van der Waals surface area contributed by atoms with Crippen LogP contribution >= 0.6 is 15.9 Å². The Morgan fingerprint density at radius 1 is 1.38 bits per heavy atom. The van der Waals surface area contributed by atoms with Crippen molar-refractivity contribution in [3.05, 3.63) is 28.7 Å². The molecule has 0 bridgehead atoms. The van der Waals surface area contributed by atoms with E-state index >= 15 is 0 Å². The average molecular weight is 417 g/mol. The number of sulfonamides is 1.